The SMILES string of the molecule is c1ccc2cc3c(cc2c1)c1cc(-c2ccc4oc5ccccc5c4c2)ccc1n3-c1cnc(-n2c3ccc(-c4ccc5oc6ccccc6c5c4)cc3c3cc4ccccc4cc32)nc1. The maximum absolute atomic E-state index is 6.18. The van der Waals surface area contributed by atoms with E-state index in [1.807, 2.05) is 36.7 Å². The number of hydrogen-bond acceptors (Lipinski definition) is 4. The fraction of sp³-hybridized carbons (Fsp3) is 0. The van der Waals surface area contributed by atoms with Gasteiger partial charge in [0, 0.05) is 43.1 Å². The minimum Gasteiger partial charge on any atom is -0.456 e. The molecule has 0 saturated heterocycles. The zero-order valence-corrected chi connectivity index (χ0v) is 35.2. The third-order valence-corrected chi connectivity index (χ3v) is 13.8. The molecule has 0 amide bonds. The van der Waals surface area contributed by atoms with Crippen LogP contribution in [0.2, 0.25) is 0 Å². The van der Waals surface area contributed by atoms with Gasteiger partial charge in [0.05, 0.1) is 40.1 Å². The maximum Gasteiger partial charge on any atom is 0.234 e. The van der Waals surface area contributed by atoms with Crippen molar-refractivity contribution in [1.82, 2.24) is 19.1 Å². The van der Waals surface area contributed by atoms with E-state index >= 15 is 0 Å². The molecular formula is C60H34N4O2. The molecule has 0 aliphatic carbocycles. The lowest BCUT2D eigenvalue weighted by molar-refractivity contribution is 0.668. The summed E-state index contributed by atoms with van der Waals surface area (Å²) in [6, 6.07) is 69.3. The number of rotatable bonds is 4. The molecule has 6 nitrogen and oxygen atoms in total. The van der Waals surface area contributed by atoms with Gasteiger partial charge in [-0.3, -0.25) is 4.57 Å². The van der Waals surface area contributed by atoms with Crippen molar-refractivity contribution >= 4 is 109 Å². The van der Waals surface area contributed by atoms with E-state index in [0.717, 1.165) is 110 Å². The van der Waals surface area contributed by atoms with Crippen LogP contribution in [0.5, 0.6) is 0 Å². The van der Waals surface area contributed by atoms with Crippen molar-refractivity contribution in [3.05, 3.63) is 207 Å². The molecule has 15 aromatic rings. The summed E-state index contributed by atoms with van der Waals surface area (Å²) in [4.78, 5) is 10.4. The predicted octanol–water partition coefficient (Wildman–Crippen LogP) is 16.1. The number of nitrogens with zero attached hydrogens (tertiary/aromatic N) is 4. The van der Waals surface area contributed by atoms with Gasteiger partial charge in [-0.2, -0.15) is 0 Å². The summed E-state index contributed by atoms with van der Waals surface area (Å²) in [5.74, 6) is 0.615. The highest BCUT2D eigenvalue weighted by Crippen LogP contribution is 2.41. The molecule has 6 heteroatoms. The first-order valence-corrected chi connectivity index (χ1v) is 22.3. The zero-order valence-electron chi connectivity index (χ0n) is 35.2. The second-order valence-corrected chi connectivity index (χ2v) is 17.4. The van der Waals surface area contributed by atoms with E-state index in [9.17, 15) is 0 Å². The van der Waals surface area contributed by atoms with Gasteiger partial charge in [-0.25, -0.2) is 9.97 Å². The van der Waals surface area contributed by atoms with Gasteiger partial charge in [-0.05, 0) is 129 Å². The van der Waals surface area contributed by atoms with Crippen LogP contribution in [0.1, 0.15) is 0 Å². The quantitative estimate of drug-likeness (QED) is 0.177. The smallest absolute Gasteiger partial charge is 0.234 e. The Kier molecular flexibility index (Phi) is 7.13. The van der Waals surface area contributed by atoms with E-state index in [0.29, 0.717) is 5.95 Å². The second kappa shape index (κ2) is 13.3. The molecule has 0 bridgehead atoms. The van der Waals surface area contributed by atoms with Crippen LogP contribution in [0.4, 0.5) is 0 Å². The van der Waals surface area contributed by atoms with Gasteiger partial charge in [0.1, 0.15) is 22.3 Å². The zero-order chi connectivity index (χ0) is 43.0. The molecule has 306 valence electrons. The summed E-state index contributed by atoms with van der Waals surface area (Å²) in [5, 5.41) is 13.8. The number of para-hydroxylation sites is 2. The van der Waals surface area contributed by atoms with Crippen LogP contribution in [-0.4, -0.2) is 19.1 Å². The van der Waals surface area contributed by atoms with E-state index in [1.54, 1.807) is 0 Å². The van der Waals surface area contributed by atoms with Gasteiger partial charge in [0.2, 0.25) is 5.95 Å². The molecule has 0 aliphatic heterocycles. The van der Waals surface area contributed by atoms with Crippen LogP contribution >= 0.6 is 0 Å². The lowest BCUT2D eigenvalue weighted by Crippen LogP contribution is -2.03. The summed E-state index contributed by atoms with van der Waals surface area (Å²) in [6.07, 6.45) is 3.94. The van der Waals surface area contributed by atoms with Crippen molar-refractivity contribution in [3.63, 3.8) is 0 Å². The van der Waals surface area contributed by atoms with Gasteiger partial charge in [0.25, 0.3) is 0 Å². The molecule has 0 N–H and O–H groups in total. The lowest BCUT2D eigenvalue weighted by Gasteiger charge is -2.11. The highest BCUT2D eigenvalue weighted by molar-refractivity contribution is 6.16. The monoisotopic (exact) mass is 842 g/mol. The predicted molar refractivity (Wildman–Crippen MR) is 271 cm³/mol. The Bertz CT molecular complexity index is 4240. The number of hydrogen-bond donors (Lipinski definition) is 0. The highest BCUT2D eigenvalue weighted by atomic mass is 16.3. The molecule has 5 aromatic heterocycles. The normalized spacial score (nSPS) is 12.2. The van der Waals surface area contributed by atoms with Crippen molar-refractivity contribution in [3.8, 4) is 33.9 Å². The van der Waals surface area contributed by atoms with Crippen molar-refractivity contribution in [1.29, 1.82) is 0 Å². The number of fused-ring (bicyclic) bond motifs is 14. The topological polar surface area (TPSA) is 61.9 Å². The Balaban J connectivity index is 0.894. The van der Waals surface area contributed by atoms with Gasteiger partial charge in [0.15, 0.2) is 0 Å². The van der Waals surface area contributed by atoms with Crippen LogP contribution in [0.15, 0.2) is 215 Å². The average Bonchev–Trinajstić information content (AvgIpc) is 4.11. The lowest BCUT2D eigenvalue weighted by atomic mass is 10.00. The Morgan fingerprint density at radius 1 is 0.288 bits per heavy atom. The summed E-state index contributed by atoms with van der Waals surface area (Å²) in [7, 11) is 0. The summed E-state index contributed by atoms with van der Waals surface area (Å²) in [6.45, 7) is 0. The molecule has 15 rings (SSSR count). The van der Waals surface area contributed by atoms with E-state index < -0.39 is 0 Å². The molecule has 10 aromatic carbocycles. The first kappa shape index (κ1) is 35.5. The minimum absolute atomic E-state index is 0.615. The molecule has 0 unspecified atom stereocenters. The molecule has 0 atom stereocenters. The molecule has 5 heterocycles. The van der Waals surface area contributed by atoms with Gasteiger partial charge in [-0.1, -0.05) is 109 Å². The first-order valence-electron chi connectivity index (χ1n) is 22.3. The van der Waals surface area contributed by atoms with Crippen LogP contribution in [-0.2, 0) is 0 Å². The Labute approximate surface area is 375 Å². The second-order valence-electron chi connectivity index (χ2n) is 17.4. The van der Waals surface area contributed by atoms with Crippen molar-refractivity contribution < 1.29 is 8.83 Å². The number of furan rings is 2. The fourth-order valence-corrected chi connectivity index (χ4v) is 10.6. The molecule has 0 aliphatic rings. The molecular weight excluding hydrogens is 809 g/mol. The van der Waals surface area contributed by atoms with Crippen LogP contribution in [0.3, 0.4) is 0 Å². The number of aromatic nitrogens is 4. The Morgan fingerprint density at radius 2 is 0.667 bits per heavy atom. The van der Waals surface area contributed by atoms with Crippen molar-refractivity contribution in [2.24, 2.45) is 0 Å². The Morgan fingerprint density at radius 3 is 1.18 bits per heavy atom. The molecule has 66 heavy (non-hydrogen) atoms. The van der Waals surface area contributed by atoms with Crippen LogP contribution in [0, 0.1) is 0 Å². The van der Waals surface area contributed by atoms with Crippen molar-refractivity contribution in [2.75, 3.05) is 0 Å². The fourth-order valence-electron chi connectivity index (χ4n) is 10.6. The minimum atomic E-state index is 0.615. The van der Waals surface area contributed by atoms with E-state index in [4.69, 9.17) is 18.8 Å². The van der Waals surface area contributed by atoms with Crippen molar-refractivity contribution in [2.45, 2.75) is 0 Å². The Hall–Kier alpha value is -9.00. The van der Waals surface area contributed by atoms with E-state index in [-0.39, 0.29) is 0 Å². The van der Waals surface area contributed by atoms with Crippen LogP contribution in [0.25, 0.3) is 143 Å². The molecule has 0 radical (unpaired) electrons. The summed E-state index contributed by atoms with van der Waals surface area (Å²) < 4.78 is 16.9. The standard InChI is InChI=1S/C60H34N4O2/c1-3-11-37-31-54-48(25-35(37)9-1)46-27-39(41-19-23-58-50(29-41)44-13-5-7-15-56(44)65-58)17-21-52(46)63(54)43-33-61-60(62-34-43)64-53-22-18-40(28-47(53)49-26-36-10-2-4-12-38(36)32-55(49)64)42-20-24-59-51(30-42)45-14-6-8-16-57(45)66-59/h1-34H. The average molecular weight is 843 g/mol. The third-order valence-electron chi connectivity index (χ3n) is 13.8. The van der Waals surface area contributed by atoms with E-state index in [1.165, 1.54) is 26.9 Å². The number of benzene rings is 10. The van der Waals surface area contributed by atoms with Gasteiger partial charge < -0.3 is 13.4 Å². The molecule has 0 saturated carbocycles. The van der Waals surface area contributed by atoms with E-state index in [2.05, 4.69) is 179 Å². The summed E-state index contributed by atoms with van der Waals surface area (Å²) in [5.41, 5.74) is 13.3. The molecule has 0 fully saturated rings. The largest absolute Gasteiger partial charge is 0.456 e. The van der Waals surface area contributed by atoms with Gasteiger partial charge in [-0.15, -0.1) is 0 Å². The maximum atomic E-state index is 6.18. The molecule has 0 spiro atoms. The van der Waals surface area contributed by atoms with Crippen LogP contribution < -0.4 is 0 Å². The van der Waals surface area contributed by atoms with Gasteiger partial charge >= 0.3 is 0 Å². The highest BCUT2D eigenvalue weighted by Gasteiger charge is 2.20. The third kappa shape index (κ3) is 5.12. The summed E-state index contributed by atoms with van der Waals surface area (Å²) >= 11 is 0. The first-order chi connectivity index (χ1) is 32.7.